The van der Waals surface area contributed by atoms with E-state index in [2.05, 4.69) is 15.6 Å². The number of rotatable bonds is 4. The molecule has 0 aliphatic carbocycles. The standard InChI is InChI=1S/C15H18N4O3S2/c1-11-4-6-12(7-5-11)24(21,22)19-9-2-3-13(19)17-14(20)18-15-16-8-10-23-15/h4-8,10,13H,2-3,9H2,1H3,(H2,16,17,18,20)/t13-/m0/s1. The van der Waals surface area contributed by atoms with Gasteiger partial charge in [0.15, 0.2) is 5.13 Å². The predicted octanol–water partition coefficient (Wildman–Crippen LogP) is 2.38. The zero-order chi connectivity index (χ0) is 17.2. The molecule has 9 heteroatoms. The molecule has 7 nitrogen and oxygen atoms in total. The zero-order valence-electron chi connectivity index (χ0n) is 13.1. The SMILES string of the molecule is Cc1ccc(S(=O)(=O)N2CCC[C@H]2NC(=O)Nc2nccs2)cc1. The quantitative estimate of drug-likeness (QED) is 0.869. The fraction of sp³-hybridized carbons (Fsp3) is 0.333. The first-order valence-corrected chi connectivity index (χ1v) is 9.84. The largest absolute Gasteiger partial charge is 0.322 e. The summed E-state index contributed by atoms with van der Waals surface area (Å²) >= 11 is 1.30. The second kappa shape index (κ2) is 6.88. The first-order valence-electron chi connectivity index (χ1n) is 7.52. The Bertz CT molecular complexity index is 804. The predicted molar refractivity (Wildman–Crippen MR) is 92.4 cm³/mol. The maximum absolute atomic E-state index is 12.8. The summed E-state index contributed by atoms with van der Waals surface area (Å²) in [4.78, 5) is 16.3. The van der Waals surface area contributed by atoms with Crippen molar-refractivity contribution in [1.82, 2.24) is 14.6 Å². The number of aromatic nitrogens is 1. The molecule has 2 N–H and O–H groups in total. The van der Waals surface area contributed by atoms with Crippen LogP contribution in [0.4, 0.5) is 9.93 Å². The highest BCUT2D eigenvalue weighted by molar-refractivity contribution is 7.89. The lowest BCUT2D eigenvalue weighted by molar-refractivity contribution is 0.240. The summed E-state index contributed by atoms with van der Waals surface area (Å²) in [6.45, 7) is 2.29. The molecule has 24 heavy (non-hydrogen) atoms. The summed E-state index contributed by atoms with van der Waals surface area (Å²) in [6, 6.07) is 6.26. The fourth-order valence-electron chi connectivity index (χ4n) is 2.59. The van der Waals surface area contributed by atoms with Crippen LogP contribution in [0.2, 0.25) is 0 Å². The first-order chi connectivity index (χ1) is 11.5. The van der Waals surface area contributed by atoms with E-state index in [1.807, 2.05) is 6.92 Å². The van der Waals surface area contributed by atoms with Crippen molar-refractivity contribution in [3.05, 3.63) is 41.4 Å². The van der Waals surface area contributed by atoms with Crippen LogP contribution in [0.5, 0.6) is 0 Å². The first kappa shape index (κ1) is 16.9. The van der Waals surface area contributed by atoms with E-state index in [-0.39, 0.29) is 4.90 Å². The summed E-state index contributed by atoms with van der Waals surface area (Å²) < 4.78 is 26.9. The Hall–Kier alpha value is -1.97. The maximum atomic E-state index is 12.8. The molecule has 0 bridgehead atoms. The monoisotopic (exact) mass is 366 g/mol. The van der Waals surface area contributed by atoms with Gasteiger partial charge in [-0.25, -0.2) is 18.2 Å². The lowest BCUT2D eigenvalue weighted by Gasteiger charge is -2.24. The molecule has 1 aliphatic rings. The zero-order valence-corrected chi connectivity index (χ0v) is 14.7. The minimum absolute atomic E-state index is 0.238. The Morgan fingerprint density at radius 2 is 2.08 bits per heavy atom. The van der Waals surface area contributed by atoms with Crippen LogP contribution >= 0.6 is 11.3 Å². The van der Waals surface area contributed by atoms with Gasteiger partial charge in [-0.1, -0.05) is 17.7 Å². The number of hydrogen-bond donors (Lipinski definition) is 2. The number of nitrogens with zero attached hydrogens (tertiary/aromatic N) is 2. The Labute approximate surface area is 144 Å². The van der Waals surface area contributed by atoms with Crippen LogP contribution in [0, 0.1) is 6.92 Å². The van der Waals surface area contributed by atoms with E-state index in [9.17, 15) is 13.2 Å². The molecule has 1 aliphatic heterocycles. The summed E-state index contributed by atoms with van der Waals surface area (Å²) in [7, 11) is -3.63. The van der Waals surface area contributed by atoms with Crippen LogP contribution in [0.1, 0.15) is 18.4 Å². The van der Waals surface area contributed by atoms with Gasteiger partial charge >= 0.3 is 6.03 Å². The number of sulfonamides is 1. The van der Waals surface area contributed by atoms with Crippen molar-refractivity contribution in [3.8, 4) is 0 Å². The van der Waals surface area contributed by atoms with Crippen LogP contribution in [0.25, 0.3) is 0 Å². The lowest BCUT2D eigenvalue weighted by atomic mass is 10.2. The van der Waals surface area contributed by atoms with Gasteiger partial charge in [-0.3, -0.25) is 5.32 Å². The van der Waals surface area contributed by atoms with Crippen LogP contribution in [-0.4, -0.2) is 36.4 Å². The van der Waals surface area contributed by atoms with Gasteiger partial charge in [-0.15, -0.1) is 11.3 Å². The molecule has 2 aromatic rings. The molecule has 0 saturated carbocycles. The summed E-state index contributed by atoms with van der Waals surface area (Å²) in [5.74, 6) is 0. The van der Waals surface area contributed by atoms with Gasteiger partial charge in [0.1, 0.15) is 0 Å². The third kappa shape index (κ3) is 3.58. The Kier molecular flexibility index (Phi) is 4.83. The van der Waals surface area contributed by atoms with Gasteiger partial charge in [-0.2, -0.15) is 4.31 Å². The van der Waals surface area contributed by atoms with Gasteiger partial charge in [0.05, 0.1) is 11.1 Å². The van der Waals surface area contributed by atoms with Crippen molar-refractivity contribution in [2.45, 2.75) is 30.8 Å². The molecule has 1 atom stereocenters. The average Bonchev–Trinajstić information content (AvgIpc) is 3.19. The molecule has 0 unspecified atom stereocenters. The smallest absolute Gasteiger partial charge is 0.321 e. The number of benzene rings is 1. The normalized spacial score (nSPS) is 18.5. The van der Waals surface area contributed by atoms with Crippen LogP contribution in [0.15, 0.2) is 40.7 Å². The summed E-state index contributed by atoms with van der Waals surface area (Å²) in [5, 5.41) is 7.54. The average molecular weight is 366 g/mol. The van der Waals surface area contributed by atoms with E-state index < -0.39 is 22.2 Å². The molecule has 1 fully saturated rings. The molecule has 0 spiro atoms. The molecule has 3 rings (SSSR count). The third-order valence-corrected chi connectivity index (χ3v) is 6.39. The number of hydrogen-bond acceptors (Lipinski definition) is 5. The highest BCUT2D eigenvalue weighted by atomic mass is 32.2. The van der Waals surface area contributed by atoms with E-state index in [4.69, 9.17) is 0 Å². The van der Waals surface area contributed by atoms with Gasteiger partial charge in [0.2, 0.25) is 10.0 Å². The highest BCUT2D eigenvalue weighted by Crippen LogP contribution is 2.25. The van der Waals surface area contributed by atoms with Crippen molar-refractivity contribution in [3.63, 3.8) is 0 Å². The van der Waals surface area contributed by atoms with Crippen molar-refractivity contribution in [1.29, 1.82) is 0 Å². The van der Waals surface area contributed by atoms with Gasteiger partial charge in [0.25, 0.3) is 0 Å². The molecule has 128 valence electrons. The number of nitrogens with one attached hydrogen (secondary N) is 2. The van der Waals surface area contributed by atoms with Crippen molar-refractivity contribution in [2.24, 2.45) is 0 Å². The Morgan fingerprint density at radius 3 is 2.75 bits per heavy atom. The van der Waals surface area contributed by atoms with E-state index in [1.165, 1.54) is 15.6 Å². The van der Waals surface area contributed by atoms with Crippen LogP contribution in [-0.2, 0) is 10.0 Å². The van der Waals surface area contributed by atoms with Gasteiger partial charge < -0.3 is 5.32 Å². The van der Waals surface area contributed by atoms with Gasteiger partial charge in [-0.05, 0) is 31.9 Å². The minimum atomic E-state index is -3.63. The molecular weight excluding hydrogens is 348 g/mol. The van der Waals surface area contributed by atoms with Crippen molar-refractivity contribution < 1.29 is 13.2 Å². The van der Waals surface area contributed by atoms with Gasteiger partial charge in [0, 0.05) is 18.1 Å². The van der Waals surface area contributed by atoms with Crippen molar-refractivity contribution in [2.75, 3.05) is 11.9 Å². The molecule has 0 radical (unpaired) electrons. The molecular formula is C15H18N4O3S2. The maximum Gasteiger partial charge on any atom is 0.322 e. The minimum Gasteiger partial charge on any atom is -0.321 e. The fourth-order valence-corrected chi connectivity index (χ4v) is 4.72. The molecule has 1 aromatic heterocycles. The second-order valence-electron chi connectivity index (χ2n) is 5.52. The molecule has 2 amide bonds. The van der Waals surface area contributed by atoms with Crippen LogP contribution in [0.3, 0.4) is 0 Å². The second-order valence-corrected chi connectivity index (χ2v) is 8.31. The topological polar surface area (TPSA) is 91.4 Å². The van der Waals surface area contributed by atoms with Crippen molar-refractivity contribution >= 4 is 32.5 Å². The number of thiazole rings is 1. The number of carbonyl (C=O) groups is 1. The van der Waals surface area contributed by atoms with E-state index in [0.29, 0.717) is 24.5 Å². The van der Waals surface area contributed by atoms with E-state index >= 15 is 0 Å². The number of aryl methyl sites for hydroxylation is 1. The van der Waals surface area contributed by atoms with Crippen LogP contribution < -0.4 is 10.6 Å². The highest BCUT2D eigenvalue weighted by Gasteiger charge is 2.36. The molecule has 2 heterocycles. The lowest BCUT2D eigenvalue weighted by Crippen LogP contribution is -2.48. The summed E-state index contributed by atoms with van der Waals surface area (Å²) in [6.07, 6.45) is 2.31. The third-order valence-electron chi connectivity index (χ3n) is 3.78. The Balaban J connectivity index is 1.72. The van der Waals surface area contributed by atoms with E-state index in [1.54, 1.807) is 35.8 Å². The number of anilines is 1. The van der Waals surface area contributed by atoms with E-state index in [0.717, 1.165) is 5.56 Å². The number of amides is 2. The number of urea groups is 1. The molecule has 1 aromatic carbocycles. The molecule has 1 saturated heterocycles. The number of carbonyl (C=O) groups excluding carboxylic acids is 1. The Morgan fingerprint density at radius 1 is 1.33 bits per heavy atom. The summed E-state index contributed by atoms with van der Waals surface area (Å²) in [5.41, 5.74) is 0.993.